The van der Waals surface area contributed by atoms with Crippen molar-refractivity contribution in [3.63, 3.8) is 0 Å². The van der Waals surface area contributed by atoms with Gasteiger partial charge in [-0.15, -0.1) is 0 Å². The molecule has 0 amide bonds. The van der Waals surface area contributed by atoms with Crippen molar-refractivity contribution < 1.29 is 14.3 Å². The summed E-state index contributed by atoms with van der Waals surface area (Å²) in [7, 11) is 0. The molecule has 0 spiro atoms. The minimum Gasteiger partial charge on any atom is -0.478 e. The lowest BCUT2D eigenvalue weighted by Gasteiger charge is -2.00. The van der Waals surface area contributed by atoms with Gasteiger partial charge in [0.25, 0.3) is 0 Å². The number of hydrogen-bond donors (Lipinski definition) is 1. The molecule has 2 heterocycles. The number of hydrogen-bond acceptors (Lipinski definition) is 4. The maximum absolute atomic E-state index is 10.7. The van der Waals surface area contributed by atoms with Crippen molar-refractivity contribution >= 4 is 5.97 Å². The number of aromatic nitrogens is 2. The minimum absolute atomic E-state index is 0.113. The third-order valence-electron chi connectivity index (χ3n) is 1.99. The van der Waals surface area contributed by atoms with Gasteiger partial charge in [-0.1, -0.05) is 0 Å². The molecule has 0 aliphatic heterocycles. The van der Waals surface area contributed by atoms with Crippen LogP contribution in [0.25, 0.3) is 11.4 Å². The first-order valence-corrected chi connectivity index (χ1v) is 4.28. The molecule has 0 aliphatic carbocycles. The van der Waals surface area contributed by atoms with E-state index >= 15 is 0 Å². The van der Waals surface area contributed by atoms with Gasteiger partial charge in [-0.05, 0) is 13.0 Å². The number of rotatable bonds is 2. The molecule has 1 N–H and O–H groups in total. The second-order valence-corrected chi connectivity index (χ2v) is 3.01. The summed E-state index contributed by atoms with van der Waals surface area (Å²) in [5.41, 5.74) is 1.28. The second-order valence-electron chi connectivity index (χ2n) is 3.01. The molecule has 0 radical (unpaired) electrons. The van der Waals surface area contributed by atoms with Gasteiger partial charge in [0.1, 0.15) is 6.26 Å². The Bertz CT molecular complexity index is 491. The van der Waals surface area contributed by atoms with E-state index in [1.807, 2.05) is 0 Å². The van der Waals surface area contributed by atoms with Gasteiger partial charge in [-0.25, -0.2) is 14.8 Å². The van der Waals surface area contributed by atoms with E-state index in [0.29, 0.717) is 11.5 Å². The molecule has 5 nitrogen and oxygen atoms in total. The second kappa shape index (κ2) is 3.53. The highest BCUT2D eigenvalue weighted by Gasteiger charge is 2.11. The molecule has 2 rings (SSSR count). The topological polar surface area (TPSA) is 76.2 Å². The van der Waals surface area contributed by atoms with Crippen LogP contribution in [0.1, 0.15) is 16.1 Å². The quantitative estimate of drug-likeness (QED) is 0.806. The third kappa shape index (κ3) is 1.71. The molecular weight excluding hydrogens is 196 g/mol. The maximum Gasteiger partial charge on any atom is 0.339 e. The van der Waals surface area contributed by atoms with Crippen LogP contribution < -0.4 is 0 Å². The van der Waals surface area contributed by atoms with Crippen molar-refractivity contribution in [2.75, 3.05) is 0 Å². The lowest BCUT2D eigenvalue weighted by molar-refractivity contribution is 0.0695. The van der Waals surface area contributed by atoms with Crippen LogP contribution in [0.15, 0.2) is 29.2 Å². The van der Waals surface area contributed by atoms with Crippen molar-refractivity contribution in [1.82, 2.24) is 9.97 Å². The first-order valence-electron chi connectivity index (χ1n) is 4.28. The van der Waals surface area contributed by atoms with Gasteiger partial charge in [0.15, 0.2) is 5.82 Å². The summed E-state index contributed by atoms with van der Waals surface area (Å²) < 4.78 is 4.89. The lowest BCUT2D eigenvalue weighted by Crippen LogP contribution is -2.03. The molecule has 2 aromatic heterocycles. The summed E-state index contributed by atoms with van der Waals surface area (Å²) in [6, 6.07) is 1.72. The zero-order chi connectivity index (χ0) is 10.8. The summed E-state index contributed by atoms with van der Waals surface area (Å²) >= 11 is 0. The number of carboxylic acids is 1. The van der Waals surface area contributed by atoms with E-state index in [0.717, 1.165) is 5.56 Å². The highest BCUT2D eigenvalue weighted by molar-refractivity contribution is 5.88. The average Bonchev–Trinajstić information content (AvgIpc) is 2.69. The summed E-state index contributed by atoms with van der Waals surface area (Å²) in [6.45, 7) is 1.63. The van der Waals surface area contributed by atoms with E-state index in [1.165, 1.54) is 18.7 Å². The van der Waals surface area contributed by atoms with E-state index in [-0.39, 0.29) is 5.56 Å². The Morgan fingerprint density at radius 2 is 2.33 bits per heavy atom. The van der Waals surface area contributed by atoms with Crippen molar-refractivity contribution in [1.29, 1.82) is 0 Å². The van der Waals surface area contributed by atoms with Crippen LogP contribution in [0.4, 0.5) is 0 Å². The molecule has 0 fully saturated rings. The van der Waals surface area contributed by atoms with E-state index < -0.39 is 5.97 Å². The summed E-state index contributed by atoms with van der Waals surface area (Å²) in [5, 5.41) is 8.79. The fraction of sp³-hybridized carbons (Fsp3) is 0.100. The standard InChI is InChI=1S/C10H8N2O3/c1-6-8(10(13)14)4-11-9(12-6)7-2-3-15-5-7/h2-5H,1H3,(H,13,14). The zero-order valence-corrected chi connectivity index (χ0v) is 7.97. The maximum atomic E-state index is 10.7. The van der Waals surface area contributed by atoms with E-state index in [2.05, 4.69) is 9.97 Å². The molecule has 76 valence electrons. The number of carboxylic acid groups (broad SMARTS) is 1. The first kappa shape index (κ1) is 9.39. The molecule has 2 aromatic rings. The Kier molecular flexibility index (Phi) is 2.21. The minimum atomic E-state index is -1.02. The summed E-state index contributed by atoms with van der Waals surface area (Å²) in [6.07, 6.45) is 4.32. The number of aromatic carboxylic acids is 1. The number of carbonyl (C=O) groups is 1. The zero-order valence-electron chi connectivity index (χ0n) is 7.97. The van der Waals surface area contributed by atoms with Gasteiger partial charge in [0.05, 0.1) is 23.1 Å². The van der Waals surface area contributed by atoms with Crippen molar-refractivity contribution in [2.45, 2.75) is 6.92 Å². The van der Waals surface area contributed by atoms with Crippen LogP contribution in [0.2, 0.25) is 0 Å². The van der Waals surface area contributed by atoms with Crippen LogP contribution in [-0.2, 0) is 0 Å². The fourth-order valence-electron chi connectivity index (χ4n) is 1.21. The molecule has 15 heavy (non-hydrogen) atoms. The molecule has 5 heteroatoms. The van der Waals surface area contributed by atoms with Crippen LogP contribution in [0.5, 0.6) is 0 Å². The number of nitrogens with zero attached hydrogens (tertiary/aromatic N) is 2. The lowest BCUT2D eigenvalue weighted by atomic mass is 10.2. The van der Waals surface area contributed by atoms with Gasteiger partial charge in [-0.3, -0.25) is 0 Å². The Morgan fingerprint density at radius 3 is 2.87 bits per heavy atom. The Hall–Kier alpha value is -2.17. The predicted octanol–water partition coefficient (Wildman–Crippen LogP) is 1.74. The molecule has 0 saturated carbocycles. The smallest absolute Gasteiger partial charge is 0.339 e. The Labute approximate surface area is 85.4 Å². The molecule has 0 unspecified atom stereocenters. The van der Waals surface area contributed by atoms with Crippen molar-refractivity contribution in [3.05, 3.63) is 36.0 Å². The van der Waals surface area contributed by atoms with Gasteiger partial charge < -0.3 is 9.52 Å². The van der Waals surface area contributed by atoms with Gasteiger partial charge in [0.2, 0.25) is 0 Å². The van der Waals surface area contributed by atoms with E-state index in [4.69, 9.17) is 9.52 Å². The Balaban J connectivity index is 2.47. The van der Waals surface area contributed by atoms with E-state index in [9.17, 15) is 4.79 Å². The first-order chi connectivity index (χ1) is 7.18. The monoisotopic (exact) mass is 204 g/mol. The molecule has 0 bridgehead atoms. The van der Waals surface area contributed by atoms with Crippen LogP contribution in [0.3, 0.4) is 0 Å². The molecule has 0 saturated heterocycles. The third-order valence-corrected chi connectivity index (χ3v) is 1.99. The van der Waals surface area contributed by atoms with Crippen LogP contribution in [-0.4, -0.2) is 21.0 Å². The molecule has 0 aliphatic rings. The molecule has 0 atom stereocenters. The highest BCUT2D eigenvalue weighted by atomic mass is 16.4. The van der Waals surface area contributed by atoms with Crippen molar-refractivity contribution in [2.24, 2.45) is 0 Å². The number of furan rings is 1. The molecule has 0 aromatic carbocycles. The summed E-state index contributed by atoms with van der Waals surface area (Å²) in [4.78, 5) is 18.8. The van der Waals surface area contributed by atoms with Gasteiger partial charge >= 0.3 is 5.97 Å². The van der Waals surface area contributed by atoms with Gasteiger partial charge in [0, 0.05) is 6.20 Å². The molecular formula is C10H8N2O3. The van der Waals surface area contributed by atoms with Crippen LogP contribution >= 0.6 is 0 Å². The summed E-state index contributed by atoms with van der Waals surface area (Å²) in [5.74, 6) is -0.558. The largest absolute Gasteiger partial charge is 0.478 e. The highest BCUT2D eigenvalue weighted by Crippen LogP contribution is 2.16. The van der Waals surface area contributed by atoms with E-state index in [1.54, 1.807) is 13.0 Å². The average molecular weight is 204 g/mol. The predicted molar refractivity (Wildman–Crippen MR) is 51.4 cm³/mol. The SMILES string of the molecule is Cc1nc(-c2ccoc2)ncc1C(=O)O. The normalized spacial score (nSPS) is 10.2. The Morgan fingerprint density at radius 1 is 1.53 bits per heavy atom. The van der Waals surface area contributed by atoms with Gasteiger partial charge in [-0.2, -0.15) is 0 Å². The number of aryl methyl sites for hydroxylation is 1. The van der Waals surface area contributed by atoms with Crippen molar-refractivity contribution in [3.8, 4) is 11.4 Å². The fourth-order valence-corrected chi connectivity index (χ4v) is 1.21. The van der Waals surface area contributed by atoms with Crippen LogP contribution in [0, 0.1) is 6.92 Å².